The molecule has 1 aliphatic heterocycles. The number of carboxylic acids is 2. The summed E-state index contributed by atoms with van der Waals surface area (Å²) in [6.45, 7) is 1.85. The number of hydrogen-bond acceptors (Lipinski definition) is 3. The molecule has 1 saturated heterocycles. The molecule has 0 aromatic heterocycles. The van der Waals surface area contributed by atoms with Gasteiger partial charge in [-0.1, -0.05) is 6.92 Å². The van der Waals surface area contributed by atoms with Gasteiger partial charge < -0.3 is 14.9 Å². The third-order valence-corrected chi connectivity index (χ3v) is 4.36. The van der Waals surface area contributed by atoms with Gasteiger partial charge in [-0.3, -0.25) is 9.59 Å². The first-order valence-corrected chi connectivity index (χ1v) is 5.08. The van der Waals surface area contributed by atoms with Crippen LogP contribution < -0.4 is 0 Å². The molecule has 2 aliphatic carbocycles. The van der Waals surface area contributed by atoms with Gasteiger partial charge in [0.15, 0.2) is 0 Å². The largest absolute Gasteiger partial charge is 0.481 e. The van der Waals surface area contributed by atoms with E-state index in [-0.39, 0.29) is 18.1 Å². The summed E-state index contributed by atoms with van der Waals surface area (Å²) >= 11 is 0. The highest BCUT2D eigenvalue weighted by Crippen LogP contribution is 2.68. The average molecular weight is 212 g/mol. The molecule has 5 heteroatoms. The molecule has 6 unspecified atom stereocenters. The van der Waals surface area contributed by atoms with Crippen LogP contribution in [-0.4, -0.2) is 34.4 Å². The molecular weight excluding hydrogens is 200 g/mol. The second-order valence-electron chi connectivity index (χ2n) is 5.08. The van der Waals surface area contributed by atoms with Crippen molar-refractivity contribution in [2.45, 2.75) is 25.6 Å². The highest BCUT2D eigenvalue weighted by atomic mass is 16.6. The predicted molar refractivity (Wildman–Crippen MR) is 47.1 cm³/mol. The summed E-state index contributed by atoms with van der Waals surface area (Å²) in [4.78, 5) is 22.3. The zero-order valence-corrected chi connectivity index (χ0v) is 8.21. The lowest BCUT2D eigenvalue weighted by Gasteiger charge is -2.29. The number of epoxide rings is 1. The van der Waals surface area contributed by atoms with Gasteiger partial charge >= 0.3 is 11.9 Å². The quantitative estimate of drug-likeness (QED) is 0.638. The maximum absolute atomic E-state index is 11.2. The molecular formula is C10H12O5. The Morgan fingerprint density at radius 3 is 2.53 bits per heavy atom. The van der Waals surface area contributed by atoms with Crippen LogP contribution in [0.3, 0.4) is 0 Å². The molecule has 5 nitrogen and oxygen atoms in total. The first-order chi connectivity index (χ1) is 6.97. The molecule has 0 spiro atoms. The second kappa shape index (κ2) is 2.35. The minimum atomic E-state index is -0.999. The maximum atomic E-state index is 11.2. The van der Waals surface area contributed by atoms with Gasteiger partial charge in [0, 0.05) is 11.3 Å². The predicted octanol–water partition coefficient (Wildman–Crippen LogP) is 0.195. The molecule has 3 aliphatic rings. The minimum Gasteiger partial charge on any atom is -0.481 e. The van der Waals surface area contributed by atoms with Crippen molar-refractivity contribution in [1.82, 2.24) is 0 Å². The lowest BCUT2D eigenvalue weighted by atomic mass is 9.71. The van der Waals surface area contributed by atoms with Crippen LogP contribution in [0.5, 0.6) is 0 Å². The van der Waals surface area contributed by atoms with Gasteiger partial charge in [0.1, 0.15) is 0 Å². The number of carboxylic acid groups (broad SMARTS) is 2. The minimum absolute atomic E-state index is 0.00620. The molecule has 3 fully saturated rings. The SMILES string of the molecule is CC12CC(C3OC31)C(C(=O)O)C2C(=O)O. The van der Waals surface area contributed by atoms with Gasteiger partial charge in [0.2, 0.25) is 0 Å². The summed E-state index contributed by atoms with van der Waals surface area (Å²) in [5.41, 5.74) is -0.468. The van der Waals surface area contributed by atoms with Crippen molar-refractivity contribution in [3.8, 4) is 0 Å². The van der Waals surface area contributed by atoms with Crippen molar-refractivity contribution in [1.29, 1.82) is 0 Å². The van der Waals surface area contributed by atoms with Gasteiger partial charge in [-0.15, -0.1) is 0 Å². The van der Waals surface area contributed by atoms with Gasteiger partial charge in [0.05, 0.1) is 24.0 Å². The summed E-state index contributed by atoms with van der Waals surface area (Å²) in [5, 5.41) is 18.2. The standard InChI is InChI=1S/C10H12O5/c1-10-2-3(6-7(10)15-6)4(8(11)12)5(10)9(13)14/h3-7H,2H2,1H3,(H,11,12)(H,13,14). The molecule has 2 saturated carbocycles. The Balaban J connectivity index is 2.03. The molecule has 1 heterocycles. The highest BCUT2D eigenvalue weighted by Gasteiger charge is 2.76. The van der Waals surface area contributed by atoms with Crippen LogP contribution in [0.25, 0.3) is 0 Å². The molecule has 15 heavy (non-hydrogen) atoms. The first kappa shape index (κ1) is 9.15. The third-order valence-electron chi connectivity index (χ3n) is 4.36. The fraction of sp³-hybridized carbons (Fsp3) is 0.800. The number of hydrogen-bond donors (Lipinski definition) is 2. The normalized spacial score (nSPS) is 55.1. The lowest BCUT2D eigenvalue weighted by molar-refractivity contribution is -0.157. The Morgan fingerprint density at radius 1 is 1.33 bits per heavy atom. The first-order valence-electron chi connectivity index (χ1n) is 5.08. The fourth-order valence-corrected chi connectivity index (χ4v) is 3.77. The van der Waals surface area contributed by atoms with E-state index >= 15 is 0 Å². The van der Waals surface area contributed by atoms with Gasteiger partial charge in [-0.05, 0) is 6.42 Å². The van der Waals surface area contributed by atoms with Gasteiger partial charge in [0.25, 0.3) is 0 Å². The Hall–Kier alpha value is -1.10. The molecule has 0 aromatic rings. The Bertz CT molecular complexity index is 365. The third kappa shape index (κ3) is 0.873. The topological polar surface area (TPSA) is 87.1 Å². The van der Waals surface area contributed by atoms with Crippen molar-refractivity contribution in [2.24, 2.45) is 23.2 Å². The average Bonchev–Trinajstić information content (AvgIpc) is 2.79. The zero-order valence-electron chi connectivity index (χ0n) is 8.21. The van der Waals surface area contributed by atoms with Crippen LogP contribution in [-0.2, 0) is 14.3 Å². The van der Waals surface area contributed by atoms with Crippen molar-refractivity contribution < 1.29 is 24.5 Å². The van der Waals surface area contributed by atoms with E-state index in [1.54, 1.807) is 0 Å². The van der Waals surface area contributed by atoms with E-state index in [0.29, 0.717) is 6.42 Å². The number of fused-ring (bicyclic) bond motifs is 5. The van der Waals surface area contributed by atoms with E-state index < -0.39 is 29.2 Å². The van der Waals surface area contributed by atoms with Gasteiger partial charge in [-0.2, -0.15) is 0 Å². The van der Waals surface area contributed by atoms with Gasteiger partial charge in [-0.25, -0.2) is 0 Å². The Morgan fingerprint density at radius 2 is 2.00 bits per heavy atom. The Labute approximate surface area is 86.0 Å². The number of carbonyl (C=O) groups is 2. The lowest BCUT2D eigenvalue weighted by Crippen LogP contribution is -2.42. The maximum Gasteiger partial charge on any atom is 0.308 e. The van der Waals surface area contributed by atoms with Crippen LogP contribution in [0.2, 0.25) is 0 Å². The smallest absolute Gasteiger partial charge is 0.308 e. The molecule has 3 rings (SSSR count). The molecule has 6 atom stereocenters. The molecule has 0 aromatic carbocycles. The van der Waals surface area contributed by atoms with Crippen LogP contribution in [0.1, 0.15) is 13.3 Å². The monoisotopic (exact) mass is 212 g/mol. The highest BCUT2D eigenvalue weighted by molar-refractivity contribution is 5.83. The molecule has 0 amide bonds. The summed E-state index contributed by atoms with van der Waals surface area (Å²) in [6.07, 6.45) is 0.668. The van der Waals surface area contributed by atoms with Crippen molar-refractivity contribution in [2.75, 3.05) is 0 Å². The number of rotatable bonds is 2. The van der Waals surface area contributed by atoms with E-state index in [2.05, 4.69) is 0 Å². The van der Waals surface area contributed by atoms with Crippen molar-refractivity contribution >= 4 is 11.9 Å². The van der Waals surface area contributed by atoms with Crippen molar-refractivity contribution in [3.63, 3.8) is 0 Å². The number of aliphatic carboxylic acids is 2. The molecule has 2 bridgehead atoms. The van der Waals surface area contributed by atoms with E-state index in [4.69, 9.17) is 14.9 Å². The summed E-state index contributed by atoms with van der Waals surface area (Å²) in [7, 11) is 0. The summed E-state index contributed by atoms with van der Waals surface area (Å²) < 4.78 is 5.38. The van der Waals surface area contributed by atoms with E-state index in [1.807, 2.05) is 6.92 Å². The van der Waals surface area contributed by atoms with Crippen LogP contribution in [0, 0.1) is 23.2 Å². The molecule has 0 radical (unpaired) electrons. The van der Waals surface area contributed by atoms with Crippen molar-refractivity contribution in [3.05, 3.63) is 0 Å². The number of ether oxygens (including phenoxy) is 1. The summed E-state index contributed by atoms with van der Waals surface area (Å²) in [5.74, 6) is -3.65. The van der Waals surface area contributed by atoms with Crippen LogP contribution in [0.15, 0.2) is 0 Å². The van der Waals surface area contributed by atoms with Crippen LogP contribution >= 0.6 is 0 Å². The summed E-state index contributed by atoms with van der Waals surface area (Å²) in [6, 6.07) is 0. The Kier molecular flexibility index (Phi) is 1.43. The molecule has 2 N–H and O–H groups in total. The second-order valence-corrected chi connectivity index (χ2v) is 5.08. The van der Waals surface area contributed by atoms with Crippen LogP contribution in [0.4, 0.5) is 0 Å². The van der Waals surface area contributed by atoms with E-state index in [9.17, 15) is 9.59 Å². The molecule has 82 valence electrons. The zero-order chi connectivity index (χ0) is 11.0. The van der Waals surface area contributed by atoms with E-state index in [0.717, 1.165) is 0 Å². The fourth-order valence-electron chi connectivity index (χ4n) is 3.77. The van der Waals surface area contributed by atoms with E-state index in [1.165, 1.54) is 0 Å².